The predicted octanol–water partition coefficient (Wildman–Crippen LogP) is 0.609. The summed E-state index contributed by atoms with van der Waals surface area (Å²) in [4.78, 5) is 4.50. The van der Waals surface area contributed by atoms with Crippen molar-refractivity contribution >= 4 is 15.8 Å². The molecule has 0 unspecified atom stereocenters. The Morgan fingerprint density at radius 3 is 2.56 bits per heavy atom. The van der Waals surface area contributed by atoms with Crippen LogP contribution in [0.15, 0.2) is 40.5 Å². The lowest BCUT2D eigenvalue weighted by Crippen LogP contribution is -2.38. The van der Waals surface area contributed by atoms with Crippen molar-refractivity contribution in [3.63, 3.8) is 0 Å². The standard InChI is InChI=1S/C16H24N6O2S/c1-4-15-21-20-12-22(15)10-9-18-16(17-2)19-11-13-5-7-14(8-6-13)25(3,23)24/h5-8,12H,4,9-11H2,1-3H3,(H2,17,18,19). The minimum absolute atomic E-state index is 0.319. The summed E-state index contributed by atoms with van der Waals surface area (Å²) >= 11 is 0. The third kappa shape index (κ3) is 5.56. The maximum absolute atomic E-state index is 11.5. The van der Waals surface area contributed by atoms with Gasteiger partial charge >= 0.3 is 0 Å². The normalized spacial score (nSPS) is 12.2. The van der Waals surface area contributed by atoms with Crippen LogP contribution in [0.3, 0.4) is 0 Å². The van der Waals surface area contributed by atoms with Gasteiger partial charge < -0.3 is 15.2 Å². The second-order valence-electron chi connectivity index (χ2n) is 5.56. The van der Waals surface area contributed by atoms with Gasteiger partial charge in [0, 0.05) is 39.4 Å². The highest BCUT2D eigenvalue weighted by Crippen LogP contribution is 2.10. The van der Waals surface area contributed by atoms with E-state index < -0.39 is 9.84 Å². The lowest BCUT2D eigenvalue weighted by molar-refractivity contribution is 0.602. The average molecular weight is 364 g/mol. The molecule has 9 heteroatoms. The largest absolute Gasteiger partial charge is 0.355 e. The van der Waals surface area contributed by atoms with Crippen molar-refractivity contribution in [2.75, 3.05) is 19.8 Å². The second-order valence-corrected chi connectivity index (χ2v) is 7.58. The molecule has 2 aromatic rings. The van der Waals surface area contributed by atoms with Gasteiger partial charge in [0.25, 0.3) is 0 Å². The molecule has 0 fully saturated rings. The Morgan fingerprint density at radius 1 is 1.24 bits per heavy atom. The van der Waals surface area contributed by atoms with Crippen molar-refractivity contribution < 1.29 is 8.42 Å². The number of aromatic nitrogens is 3. The predicted molar refractivity (Wildman–Crippen MR) is 97.2 cm³/mol. The first-order valence-electron chi connectivity index (χ1n) is 8.04. The van der Waals surface area contributed by atoms with Gasteiger partial charge in [-0.1, -0.05) is 19.1 Å². The molecule has 0 atom stereocenters. The monoisotopic (exact) mass is 364 g/mol. The number of nitrogens with one attached hydrogen (secondary N) is 2. The highest BCUT2D eigenvalue weighted by atomic mass is 32.2. The van der Waals surface area contributed by atoms with E-state index in [2.05, 4.69) is 25.8 Å². The molecule has 25 heavy (non-hydrogen) atoms. The number of benzene rings is 1. The zero-order chi connectivity index (χ0) is 18.3. The van der Waals surface area contributed by atoms with E-state index in [1.54, 1.807) is 37.6 Å². The molecule has 1 aromatic carbocycles. The molecule has 0 amide bonds. The van der Waals surface area contributed by atoms with Gasteiger partial charge in [0.15, 0.2) is 15.8 Å². The van der Waals surface area contributed by atoms with Crippen molar-refractivity contribution in [3.8, 4) is 0 Å². The summed E-state index contributed by atoms with van der Waals surface area (Å²) in [5.41, 5.74) is 0.974. The lowest BCUT2D eigenvalue weighted by Gasteiger charge is -2.13. The molecular weight excluding hydrogens is 340 g/mol. The Balaban J connectivity index is 1.82. The fourth-order valence-corrected chi connectivity index (χ4v) is 2.93. The minimum Gasteiger partial charge on any atom is -0.355 e. The lowest BCUT2D eigenvalue weighted by atomic mass is 10.2. The van der Waals surface area contributed by atoms with Crippen LogP contribution in [0, 0.1) is 0 Å². The summed E-state index contributed by atoms with van der Waals surface area (Å²) in [7, 11) is -1.46. The molecule has 2 N–H and O–H groups in total. The van der Waals surface area contributed by atoms with Crippen LogP contribution >= 0.6 is 0 Å². The summed E-state index contributed by atoms with van der Waals surface area (Å²) in [6.45, 7) is 4.04. The SMILES string of the molecule is CCc1nncn1CCNC(=NC)NCc1ccc(S(C)(=O)=O)cc1. The number of sulfone groups is 1. The number of aryl methyl sites for hydroxylation is 1. The van der Waals surface area contributed by atoms with Crippen LogP contribution in [-0.4, -0.2) is 49.0 Å². The molecule has 8 nitrogen and oxygen atoms in total. The van der Waals surface area contributed by atoms with Crippen LogP contribution < -0.4 is 10.6 Å². The number of hydrogen-bond donors (Lipinski definition) is 2. The number of aliphatic imine (C=N–C) groups is 1. The van der Waals surface area contributed by atoms with E-state index in [1.807, 2.05) is 11.5 Å². The number of hydrogen-bond acceptors (Lipinski definition) is 5. The summed E-state index contributed by atoms with van der Waals surface area (Å²) in [6.07, 6.45) is 3.77. The molecule has 0 bridgehead atoms. The number of nitrogens with zero attached hydrogens (tertiary/aromatic N) is 4. The maximum atomic E-state index is 11.5. The second kappa shape index (κ2) is 8.61. The molecular formula is C16H24N6O2S. The van der Waals surface area contributed by atoms with Gasteiger partial charge in [0.05, 0.1) is 4.90 Å². The average Bonchev–Trinajstić information content (AvgIpc) is 3.05. The van der Waals surface area contributed by atoms with Gasteiger partial charge in [-0.25, -0.2) is 8.42 Å². The fraction of sp³-hybridized carbons (Fsp3) is 0.438. The summed E-state index contributed by atoms with van der Waals surface area (Å²) in [5, 5.41) is 14.4. The fourth-order valence-electron chi connectivity index (χ4n) is 2.30. The number of guanidine groups is 1. The Bertz CT molecular complexity index is 811. The van der Waals surface area contributed by atoms with Crippen molar-refractivity contribution in [2.45, 2.75) is 31.3 Å². The third-order valence-corrected chi connectivity index (χ3v) is 4.82. The zero-order valence-corrected chi connectivity index (χ0v) is 15.5. The van der Waals surface area contributed by atoms with Crippen LogP contribution in [0.4, 0.5) is 0 Å². The van der Waals surface area contributed by atoms with E-state index in [-0.39, 0.29) is 0 Å². The van der Waals surface area contributed by atoms with E-state index in [0.29, 0.717) is 23.9 Å². The highest BCUT2D eigenvalue weighted by Gasteiger charge is 2.06. The summed E-state index contributed by atoms with van der Waals surface area (Å²) in [6, 6.07) is 6.81. The van der Waals surface area contributed by atoms with Gasteiger partial charge in [0.1, 0.15) is 12.2 Å². The third-order valence-electron chi connectivity index (χ3n) is 3.69. The van der Waals surface area contributed by atoms with Gasteiger partial charge in [-0.15, -0.1) is 10.2 Å². The van der Waals surface area contributed by atoms with E-state index in [9.17, 15) is 8.42 Å². The smallest absolute Gasteiger partial charge is 0.191 e. The number of rotatable bonds is 7. The Kier molecular flexibility index (Phi) is 6.51. The van der Waals surface area contributed by atoms with Crippen molar-refractivity contribution in [3.05, 3.63) is 42.0 Å². The van der Waals surface area contributed by atoms with E-state index >= 15 is 0 Å². The van der Waals surface area contributed by atoms with Crippen molar-refractivity contribution in [1.29, 1.82) is 0 Å². The van der Waals surface area contributed by atoms with Gasteiger partial charge in [-0.05, 0) is 17.7 Å². The summed E-state index contributed by atoms with van der Waals surface area (Å²) < 4.78 is 24.9. The molecule has 0 aliphatic rings. The molecule has 1 heterocycles. The molecule has 0 aliphatic carbocycles. The van der Waals surface area contributed by atoms with E-state index in [1.165, 1.54) is 6.26 Å². The first kappa shape index (κ1) is 18.9. The van der Waals surface area contributed by atoms with Gasteiger partial charge in [-0.2, -0.15) is 0 Å². The van der Waals surface area contributed by atoms with Crippen molar-refractivity contribution in [2.24, 2.45) is 4.99 Å². The molecule has 0 saturated carbocycles. The van der Waals surface area contributed by atoms with Crippen LogP contribution in [-0.2, 0) is 29.3 Å². The molecule has 1 aromatic heterocycles. The molecule has 0 aliphatic heterocycles. The summed E-state index contributed by atoms with van der Waals surface area (Å²) in [5.74, 6) is 1.63. The maximum Gasteiger partial charge on any atom is 0.191 e. The van der Waals surface area contributed by atoms with E-state index in [0.717, 1.165) is 24.4 Å². The first-order valence-corrected chi connectivity index (χ1v) is 9.93. The van der Waals surface area contributed by atoms with Crippen molar-refractivity contribution in [1.82, 2.24) is 25.4 Å². The van der Waals surface area contributed by atoms with Gasteiger partial charge in [0.2, 0.25) is 0 Å². The Labute approximate surface area is 148 Å². The molecule has 0 spiro atoms. The molecule has 136 valence electrons. The zero-order valence-electron chi connectivity index (χ0n) is 14.7. The highest BCUT2D eigenvalue weighted by molar-refractivity contribution is 7.90. The molecule has 0 saturated heterocycles. The molecule has 2 rings (SSSR count). The quantitative estimate of drug-likeness (QED) is 0.551. The first-order chi connectivity index (χ1) is 11.9. The topological polar surface area (TPSA) is 101 Å². The minimum atomic E-state index is -3.16. The van der Waals surface area contributed by atoms with Crippen LogP contribution in [0.25, 0.3) is 0 Å². The Hall–Kier alpha value is -2.42. The van der Waals surface area contributed by atoms with E-state index in [4.69, 9.17) is 0 Å². The van der Waals surface area contributed by atoms with Crippen LogP contribution in [0.2, 0.25) is 0 Å². The van der Waals surface area contributed by atoms with Gasteiger partial charge in [-0.3, -0.25) is 4.99 Å². The van der Waals surface area contributed by atoms with Crippen LogP contribution in [0.5, 0.6) is 0 Å². The van der Waals surface area contributed by atoms with Crippen LogP contribution in [0.1, 0.15) is 18.3 Å². The Morgan fingerprint density at radius 2 is 1.96 bits per heavy atom. The molecule has 0 radical (unpaired) electrons.